The molecule has 2 N–H and O–H groups in total. The molecule has 0 bridgehead atoms. The van der Waals surface area contributed by atoms with E-state index in [1.165, 1.54) is 0 Å². The molecule has 0 amide bonds. The van der Waals surface area contributed by atoms with Crippen LogP contribution in [0.15, 0.2) is 10.9 Å². The van der Waals surface area contributed by atoms with Crippen molar-refractivity contribution in [2.45, 2.75) is 38.8 Å². The van der Waals surface area contributed by atoms with E-state index < -0.39 is 0 Å². The highest BCUT2D eigenvalue weighted by Crippen LogP contribution is 2.21. The third-order valence-electron chi connectivity index (χ3n) is 2.82. The summed E-state index contributed by atoms with van der Waals surface area (Å²) in [6, 6.07) is 1.93. The molecule has 1 aliphatic rings. The second-order valence-corrected chi connectivity index (χ2v) is 4.72. The molecule has 94 valence electrons. The number of aromatic amines is 1. The van der Waals surface area contributed by atoms with Crippen LogP contribution in [0.2, 0.25) is 0 Å². The summed E-state index contributed by atoms with van der Waals surface area (Å²) < 4.78 is 5.31. The summed E-state index contributed by atoms with van der Waals surface area (Å²) >= 11 is 0. The molecule has 1 atom stereocenters. The average molecular weight is 237 g/mol. The molecule has 0 aliphatic carbocycles. The molecule has 0 saturated carbocycles. The number of nitrogens with one attached hydrogen (secondary N) is 2. The normalized spacial score (nSPS) is 20.1. The largest absolute Gasteiger partial charge is 0.381 e. The molecule has 1 aromatic rings. The molecule has 0 spiro atoms. The zero-order chi connectivity index (χ0) is 12.3. The Bertz CT molecular complexity index is 422. The fourth-order valence-corrected chi connectivity index (χ4v) is 1.87. The summed E-state index contributed by atoms with van der Waals surface area (Å²) in [6.07, 6.45) is 0.935. The maximum atomic E-state index is 11.5. The van der Waals surface area contributed by atoms with Crippen LogP contribution in [-0.2, 0) is 11.3 Å². The first-order chi connectivity index (χ1) is 8.15. The van der Waals surface area contributed by atoms with Gasteiger partial charge in [-0.1, -0.05) is 13.8 Å². The van der Waals surface area contributed by atoms with Crippen molar-refractivity contribution in [2.24, 2.45) is 0 Å². The van der Waals surface area contributed by atoms with E-state index >= 15 is 0 Å². The van der Waals surface area contributed by atoms with E-state index in [0.717, 1.165) is 24.5 Å². The monoisotopic (exact) mass is 237 g/mol. The maximum absolute atomic E-state index is 11.5. The van der Waals surface area contributed by atoms with Gasteiger partial charge in [0.1, 0.15) is 5.82 Å². The number of H-pyrrole nitrogens is 1. The van der Waals surface area contributed by atoms with E-state index in [1.807, 2.05) is 0 Å². The summed E-state index contributed by atoms with van der Waals surface area (Å²) in [5, 5.41) is 3.26. The van der Waals surface area contributed by atoms with Crippen molar-refractivity contribution < 1.29 is 4.74 Å². The summed E-state index contributed by atoms with van der Waals surface area (Å²) in [5.74, 6) is 0.997. The molecule has 1 aliphatic heterocycles. The minimum atomic E-state index is -0.0811. The van der Waals surface area contributed by atoms with Crippen molar-refractivity contribution >= 4 is 0 Å². The SMILES string of the molecule is CC(C)NCc1cc(=O)[nH]c(C2CCOC2)n1. The second kappa shape index (κ2) is 5.42. The van der Waals surface area contributed by atoms with Crippen LogP contribution in [0.5, 0.6) is 0 Å². The quantitative estimate of drug-likeness (QED) is 0.811. The van der Waals surface area contributed by atoms with Gasteiger partial charge in [-0.05, 0) is 6.42 Å². The van der Waals surface area contributed by atoms with Crippen molar-refractivity contribution in [2.75, 3.05) is 13.2 Å². The highest BCUT2D eigenvalue weighted by atomic mass is 16.5. The Labute approximate surface area is 101 Å². The van der Waals surface area contributed by atoms with E-state index in [9.17, 15) is 4.79 Å². The highest BCUT2D eigenvalue weighted by Gasteiger charge is 2.20. The molecule has 0 aromatic carbocycles. The second-order valence-electron chi connectivity index (χ2n) is 4.72. The Morgan fingerprint density at radius 3 is 3.12 bits per heavy atom. The van der Waals surface area contributed by atoms with E-state index in [0.29, 0.717) is 19.2 Å². The van der Waals surface area contributed by atoms with E-state index in [1.54, 1.807) is 6.07 Å². The third-order valence-corrected chi connectivity index (χ3v) is 2.82. The fourth-order valence-electron chi connectivity index (χ4n) is 1.87. The molecular formula is C12H19N3O2. The van der Waals surface area contributed by atoms with Gasteiger partial charge >= 0.3 is 0 Å². The molecule has 1 aromatic heterocycles. The molecule has 2 heterocycles. The van der Waals surface area contributed by atoms with Gasteiger partial charge in [0, 0.05) is 31.2 Å². The Kier molecular flexibility index (Phi) is 3.91. The van der Waals surface area contributed by atoms with Gasteiger partial charge in [0.25, 0.3) is 5.56 Å². The topological polar surface area (TPSA) is 67.0 Å². The first kappa shape index (κ1) is 12.3. The van der Waals surface area contributed by atoms with E-state index in [4.69, 9.17) is 4.74 Å². The zero-order valence-corrected chi connectivity index (χ0v) is 10.3. The molecule has 1 fully saturated rings. The van der Waals surface area contributed by atoms with Crippen LogP contribution in [0.3, 0.4) is 0 Å². The molecule has 2 rings (SSSR count). The van der Waals surface area contributed by atoms with Crippen molar-refractivity contribution in [3.63, 3.8) is 0 Å². The van der Waals surface area contributed by atoms with Crippen LogP contribution in [0.1, 0.15) is 37.7 Å². The van der Waals surface area contributed by atoms with Crippen LogP contribution in [0.4, 0.5) is 0 Å². The predicted molar refractivity (Wildman–Crippen MR) is 65.0 cm³/mol. The van der Waals surface area contributed by atoms with Gasteiger partial charge in [0.15, 0.2) is 0 Å². The number of aromatic nitrogens is 2. The first-order valence-corrected chi connectivity index (χ1v) is 6.06. The van der Waals surface area contributed by atoms with Crippen LogP contribution < -0.4 is 10.9 Å². The first-order valence-electron chi connectivity index (χ1n) is 6.06. The summed E-state index contributed by atoms with van der Waals surface area (Å²) in [5.41, 5.74) is 0.715. The molecule has 5 heteroatoms. The van der Waals surface area contributed by atoms with Gasteiger partial charge in [0.05, 0.1) is 12.3 Å². The lowest BCUT2D eigenvalue weighted by Gasteiger charge is -2.10. The van der Waals surface area contributed by atoms with Gasteiger partial charge < -0.3 is 15.0 Å². The summed E-state index contributed by atoms with van der Waals surface area (Å²) in [6.45, 7) is 6.17. The lowest BCUT2D eigenvalue weighted by atomic mass is 10.1. The van der Waals surface area contributed by atoms with Gasteiger partial charge in [-0.3, -0.25) is 4.79 Å². The van der Waals surface area contributed by atoms with Crippen molar-refractivity contribution in [1.82, 2.24) is 15.3 Å². The molecule has 5 nitrogen and oxygen atoms in total. The number of ether oxygens (including phenoxy) is 1. The molecule has 0 radical (unpaired) electrons. The molecule has 1 saturated heterocycles. The van der Waals surface area contributed by atoms with Gasteiger partial charge in [-0.2, -0.15) is 0 Å². The highest BCUT2D eigenvalue weighted by molar-refractivity contribution is 5.07. The van der Waals surface area contributed by atoms with Crippen molar-refractivity contribution in [1.29, 1.82) is 0 Å². The Balaban J connectivity index is 2.14. The van der Waals surface area contributed by atoms with Crippen LogP contribution in [0, 0.1) is 0 Å². The third kappa shape index (κ3) is 3.38. The summed E-state index contributed by atoms with van der Waals surface area (Å²) in [7, 11) is 0. The van der Waals surface area contributed by atoms with E-state index in [-0.39, 0.29) is 11.5 Å². The fraction of sp³-hybridized carbons (Fsp3) is 0.667. The lowest BCUT2D eigenvalue weighted by molar-refractivity contribution is 0.193. The van der Waals surface area contributed by atoms with Crippen LogP contribution in [0.25, 0.3) is 0 Å². The van der Waals surface area contributed by atoms with Gasteiger partial charge in [-0.25, -0.2) is 4.98 Å². The average Bonchev–Trinajstić information content (AvgIpc) is 2.79. The Hall–Kier alpha value is -1.20. The van der Waals surface area contributed by atoms with Gasteiger partial charge in [0.2, 0.25) is 0 Å². The molecule has 17 heavy (non-hydrogen) atoms. The number of nitrogens with zero attached hydrogens (tertiary/aromatic N) is 1. The number of hydrogen-bond donors (Lipinski definition) is 2. The molecule has 1 unspecified atom stereocenters. The Morgan fingerprint density at radius 2 is 2.47 bits per heavy atom. The Morgan fingerprint density at radius 1 is 1.65 bits per heavy atom. The van der Waals surface area contributed by atoms with Crippen molar-refractivity contribution in [3.8, 4) is 0 Å². The maximum Gasteiger partial charge on any atom is 0.251 e. The molecular weight excluding hydrogens is 218 g/mol. The minimum absolute atomic E-state index is 0.0811. The summed E-state index contributed by atoms with van der Waals surface area (Å²) in [4.78, 5) is 18.8. The van der Waals surface area contributed by atoms with E-state index in [2.05, 4.69) is 29.1 Å². The lowest BCUT2D eigenvalue weighted by Crippen LogP contribution is -2.25. The van der Waals surface area contributed by atoms with Crippen molar-refractivity contribution in [3.05, 3.63) is 27.9 Å². The minimum Gasteiger partial charge on any atom is -0.381 e. The van der Waals surface area contributed by atoms with Crippen LogP contribution >= 0.6 is 0 Å². The predicted octanol–water partition coefficient (Wildman–Crippen LogP) is 0.772. The zero-order valence-electron chi connectivity index (χ0n) is 10.3. The number of rotatable bonds is 4. The number of hydrogen-bond acceptors (Lipinski definition) is 4. The van der Waals surface area contributed by atoms with Gasteiger partial charge in [-0.15, -0.1) is 0 Å². The smallest absolute Gasteiger partial charge is 0.251 e. The van der Waals surface area contributed by atoms with Crippen LogP contribution in [-0.4, -0.2) is 29.2 Å². The standard InChI is InChI=1S/C12H19N3O2/c1-8(2)13-6-10-5-11(16)15-12(14-10)9-3-4-17-7-9/h5,8-9,13H,3-4,6-7H2,1-2H3,(H,14,15,16).